The second-order valence-electron chi connectivity index (χ2n) is 6.54. The molecule has 0 bridgehead atoms. The Morgan fingerprint density at radius 2 is 1.07 bits per heavy atom. The van der Waals surface area contributed by atoms with E-state index in [0.29, 0.717) is 0 Å². The molecule has 0 saturated carbocycles. The summed E-state index contributed by atoms with van der Waals surface area (Å²) in [5, 5.41) is 12.6. The molecule has 1 heterocycles. The minimum Gasteiger partial charge on any atom is -0.428 e. The summed E-state index contributed by atoms with van der Waals surface area (Å²) in [6, 6.07) is 34.7. The molecule has 130 valence electrons. The first-order valence-corrected chi connectivity index (χ1v) is 8.95. The third kappa shape index (κ3) is 2.52. The largest absolute Gasteiger partial charge is 0.428 e. The number of aromatic nitrogens is 1. The van der Waals surface area contributed by atoms with Crippen LogP contribution >= 0.6 is 0 Å². The maximum absolute atomic E-state index is 10.5. The second kappa shape index (κ2) is 6.22. The summed E-state index contributed by atoms with van der Waals surface area (Å²) in [5.74, 6) is 0. The van der Waals surface area contributed by atoms with Gasteiger partial charge in [0.2, 0.25) is 0 Å². The molecule has 0 aliphatic rings. The van der Waals surface area contributed by atoms with Gasteiger partial charge in [0.25, 0.3) is 0 Å². The van der Waals surface area contributed by atoms with Crippen LogP contribution in [0.25, 0.3) is 21.8 Å². The van der Waals surface area contributed by atoms with E-state index < -0.39 is 0 Å². The molecule has 3 nitrogen and oxygen atoms in total. The molecule has 0 atom stereocenters. The van der Waals surface area contributed by atoms with Crippen molar-refractivity contribution in [2.75, 3.05) is 4.90 Å². The lowest BCUT2D eigenvalue weighted by atomic mass is 10.1. The lowest BCUT2D eigenvalue weighted by Crippen LogP contribution is -2.09. The fourth-order valence-electron chi connectivity index (χ4n) is 3.68. The van der Waals surface area contributed by atoms with Crippen LogP contribution < -0.4 is 4.90 Å². The van der Waals surface area contributed by atoms with Gasteiger partial charge in [-0.15, -0.1) is 0 Å². The Bertz CT molecular complexity index is 1190. The monoisotopic (exact) mass is 350 g/mol. The standard InChI is InChI=1S/C24H18N2O/c27-26-23-14-8-7-13-21(23)22-17-20(15-16-24(22)26)25(18-9-3-1-4-10-18)19-11-5-2-6-12-19/h1-17,27H. The SMILES string of the molecule is On1c2ccccc2c2cc(N(c3ccccc3)c3ccccc3)ccc21. The van der Waals surface area contributed by atoms with E-state index in [4.69, 9.17) is 0 Å². The zero-order valence-electron chi connectivity index (χ0n) is 14.7. The molecule has 0 radical (unpaired) electrons. The van der Waals surface area contributed by atoms with Gasteiger partial charge < -0.3 is 10.1 Å². The summed E-state index contributed by atoms with van der Waals surface area (Å²) in [7, 11) is 0. The molecule has 0 saturated heterocycles. The molecule has 0 aliphatic carbocycles. The minimum absolute atomic E-state index is 0.807. The van der Waals surface area contributed by atoms with Crippen LogP contribution in [-0.2, 0) is 0 Å². The predicted molar refractivity (Wildman–Crippen MR) is 111 cm³/mol. The van der Waals surface area contributed by atoms with Crippen LogP contribution in [-0.4, -0.2) is 9.94 Å². The van der Waals surface area contributed by atoms with E-state index in [0.717, 1.165) is 38.9 Å². The van der Waals surface area contributed by atoms with Gasteiger partial charge in [0, 0.05) is 27.8 Å². The van der Waals surface area contributed by atoms with Gasteiger partial charge in [-0.25, -0.2) is 0 Å². The van der Waals surface area contributed by atoms with Gasteiger partial charge in [-0.05, 0) is 48.5 Å². The van der Waals surface area contributed by atoms with Crippen molar-refractivity contribution in [3.8, 4) is 0 Å². The quantitative estimate of drug-likeness (QED) is 0.376. The summed E-state index contributed by atoms with van der Waals surface area (Å²) in [4.78, 5) is 2.23. The van der Waals surface area contributed by atoms with E-state index in [1.54, 1.807) is 0 Å². The topological polar surface area (TPSA) is 28.4 Å². The first-order chi connectivity index (χ1) is 13.3. The zero-order chi connectivity index (χ0) is 18.2. The molecule has 1 N–H and O–H groups in total. The molecule has 0 fully saturated rings. The van der Waals surface area contributed by atoms with Crippen molar-refractivity contribution in [2.45, 2.75) is 0 Å². The molecule has 0 spiro atoms. The van der Waals surface area contributed by atoms with Crippen LogP contribution in [0.5, 0.6) is 0 Å². The number of fused-ring (bicyclic) bond motifs is 3. The van der Waals surface area contributed by atoms with Gasteiger partial charge in [-0.2, -0.15) is 4.73 Å². The Kier molecular flexibility index (Phi) is 3.58. The molecule has 5 rings (SSSR count). The van der Waals surface area contributed by atoms with Crippen LogP contribution in [0.2, 0.25) is 0 Å². The fraction of sp³-hybridized carbons (Fsp3) is 0. The van der Waals surface area contributed by atoms with Crippen molar-refractivity contribution in [2.24, 2.45) is 0 Å². The number of anilines is 3. The molecule has 0 unspecified atom stereocenters. The molecule has 27 heavy (non-hydrogen) atoms. The molecular weight excluding hydrogens is 332 g/mol. The Morgan fingerprint density at radius 1 is 0.519 bits per heavy atom. The van der Waals surface area contributed by atoms with Crippen molar-refractivity contribution in [1.82, 2.24) is 4.73 Å². The average molecular weight is 350 g/mol. The van der Waals surface area contributed by atoms with Gasteiger partial charge in [0.1, 0.15) is 0 Å². The zero-order valence-corrected chi connectivity index (χ0v) is 14.7. The molecular formula is C24H18N2O. The van der Waals surface area contributed by atoms with Gasteiger partial charge in [-0.1, -0.05) is 54.6 Å². The molecule has 1 aromatic heterocycles. The second-order valence-corrected chi connectivity index (χ2v) is 6.54. The van der Waals surface area contributed by atoms with E-state index in [9.17, 15) is 5.21 Å². The highest BCUT2D eigenvalue weighted by atomic mass is 16.5. The Morgan fingerprint density at radius 3 is 1.74 bits per heavy atom. The number of rotatable bonds is 3. The third-order valence-electron chi connectivity index (χ3n) is 4.92. The van der Waals surface area contributed by atoms with Crippen LogP contribution in [0.4, 0.5) is 17.1 Å². The maximum atomic E-state index is 10.5. The summed E-state index contributed by atoms with van der Waals surface area (Å²) in [5.41, 5.74) is 4.86. The molecule has 4 aromatic carbocycles. The predicted octanol–water partition coefficient (Wildman–Crippen LogP) is 6.50. The van der Waals surface area contributed by atoms with E-state index in [-0.39, 0.29) is 0 Å². The maximum Gasteiger partial charge on any atom is 0.0880 e. The van der Waals surface area contributed by atoms with Crippen LogP contribution in [0.3, 0.4) is 0 Å². The first kappa shape index (κ1) is 15.5. The minimum atomic E-state index is 0.807. The summed E-state index contributed by atoms with van der Waals surface area (Å²) in [6.45, 7) is 0. The average Bonchev–Trinajstić information content (AvgIpc) is 3.02. The number of benzene rings is 4. The van der Waals surface area contributed by atoms with Gasteiger partial charge >= 0.3 is 0 Å². The highest BCUT2D eigenvalue weighted by Gasteiger charge is 2.15. The van der Waals surface area contributed by atoms with Crippen LogP contribution in [0, 0.1) is 0 Å². The van der Waals surface area contributed by atoms with Crippen LogP contribution in [0.15, 0.2) is 103 Å². The molecule has 3 heteroatoms. The Balaban J connectivity index is 1.77. The van der Waals surface area contributed by atoms with Gasteiger partial charge in [0.15, 0.2) is 0 Å². The normalized spacial score (nSPS) is 11.1. The lowest BCUT2D eigenvalue weighted by Gasteiger charge is -2.25. The first-order valence-electron chi connectivity index (χ1n) is 8.95. The van der Waals surface area contributed by atoms with Gasteiger partial charge in [0.05, 0.1) is 11.0 Å². The fourth-order valence-corrected chi connectivity index (χ4v) is 3.68. The Labute approximate surface area is 157 Å². The molecule has 0 amide bonds. The molecule has 0 aliphatic heterocycles. The Hall–Kier alpha value is -3.72. The third-order valence-corrected chi connectivity index (χ3v) is 4.92. The van der Waals surface area contributed by atoms with Crippen molar-refractivity contribution in [3.63, 3.8) is 0 Å². The summed E-state index contributed by atoms with van der Waals surface area (Å²) in [6.07, 6.45) is 0. The van der Waals surface area contributed by atoms with E-state index >= 15 is 0 Å². The summed E-state index contributed by atoms with van der Waals surface area (Å²) >= 11 is 0. The smallest absolute Gasteiger partial charge is 0.0880 e. The van der Waals surface area contributed by atoms with Crippen molar-refractivity contribution in [1.29, 1.82) is 0 Å². The van der Waals surface area contributed by atoms with Crippen molar-refractivity contribution < 1.29 is 5.21 Å². The number of hydrogen-bond donors (Lipinski definition) is 1. The highest BCUT2D eigenvalue weighted by molar-refractivity contribution is 6.09. The van der Waals surface area contributed by atoms with Crippen LogP contribution in [0.1, 0.15) is 0 Å². The number of hydrogen-bond acceptors (Lipinski definition) is 2. The number of para-hydroxylation sites is 3. The van der Waals surface area contributed by atoms with Gasteiger partial charge in [-0.3, -0.25) is 0 Å². The van der Waals surface area contributed by atoms with Crippen molar-refractivity contribution >= 4 is 38.9 Å². The highest BCUT2D eigenvalue weighted by Crippen LogP contribution is 2.37. The number of nitrogens with zero attached hydrogens (tertiary/aromatic N) is 2. The lowest BCUT2D eigenvalue weighted by molar-refractivity contribution is 0.213. The van der Waals surface area contributed by atoms with E-state index in [2.05, 4.69) is 35.2 Å². The summed E-state index contributed by atoms with van der Waals surface area (Å²) < 4.78 is 1.27. The van der Waals surface area contributed by atoms with E-state index in [1.165, 1.54) is 4.73 Å². The molecule has 5 aromatic rings. The van der Waals surface area contributed by atoms with E-state index in [1.807, 2.05) is 72.8 Å². The van der Waals surface area contributed by atoms with Crippen molar-refractivity contribution in [3.05, 3.63) is 103 Å².